The first kappa shape index (κ1) is 19.7. The number of hydrogen-bond donors (Lipinski definition) is 2. The van der Waals surface area contributed by atoms with Crippen molar-refractivity contribution in [2.24, 2.45) is 4.40 Å². The summed E-state index contributed by atoms with van der Waals surface area (Å²) in [6.45, 7) is 2.09. The molecule has 1 aromatic carbocycles. The van der Waals surface area contributed by atoms with Crippen molar-refractivity contribution in [3.8, 4) is 0 Å². The van der Waals surface area contributed by atoms with Crippen molar-refractivity contribution >= 4 is 52.0 Å². The van der Waals surface area contributed by atoms with Crippen molar-refractivity contribution in [3.05, 3.63) is 51.9 Å². The summed E-state index contributed by atoms with van der Waals surface area (Å²) in [5.74, 6) is -0.133. The number of anilines is 1. The van der Waals surface area contributed by atoms with E-state index in [-0.39, 0.29) is 11.9 Å². The van der Waals surface area contributed by atoms with Crippen molar-refractivity contribution in [2.75, 3.05) is 31.0 Å². The lowest BCUT2D eigenvalue weighted by molar-refractivity contribution is 0.0303. The van der Waals surface area contributed by atoms with Gasteiger partial charge in [0.2, 0.25) is 0 Å². The van der Waals surface area contributed by atoms with E-state index >= 15 is 0 Å². The fourth-order valence-corrected chi connectivity index (χ4v) is 5.20. The standard InChI is InChI=1S/C18H19ClN4O3S2/c19-12-5-6-13(18(24)23-7-9-26-10-8-23)15(11-12)22-28(25)16-4-2-1-3-14-17(16)21-27-20-14/h1-2,4-6,11,17,21-22H,3,7-10H2. The van der Waals surface area contributed by atoms with Gasteiger partial charge in [-0.1, -0.05) is 23.8 Å². The number of hydrogen-bond acceptors (Lipinski definition) is 6. The minimum Gasteiger partial charge on any atom is -0.378 e. The SMILES string of the molecule is O=C(c1ccc(Cl)cc1NS(=O)C1=CC=CCC2=NSNC12)N1CCOCC1. The Bertz CT molecular complexity index is 897. The lowest BCUT2D eigenvalue weighted by Crippen LogP contribution is -2.41. The highest BCUT2D eigenvalue weighted by Crippen LogP contribution is 2.28. The molecule has 2 atom stereocenters. The number of morpholine rings is 1. The van der Waals surface area contributed by atoms with E-state index in [9.17, 15) is 9.00 Å². The Labute approximate surface area is 175 Å². The van der Waals surface area contributed by atoms with Gasteiger partial charge in [0.05, 0.1) is 53.3 Å². The zero-order chi connectivity index (χ0) is 19.5. The van der Waals surface area contributed by atoms with Crippen LogP contribution in [0.1, 0.15) is 16.8 Å². The van der Waals surface area contributed by atoms with Crippen LogP contribution in [0.25, 0.3) is 0 Å². The van der Waals surface area contributed by atoms with Crippen LogP contribution in [0, 0.1) is 0 Å². The zero-order valence-electron chi connectivity index (χ0n) is 14.9. The normalized spacial score (nSPS) is 22.8. The zero-order valence-corrected chi connectivity index (χ0v) is 17.3. The number of ether oxygens (including phenoxy) is 1. The molecule has 148 valence electrons. The molecule has 3 aliphatic rings. The first-order valence-electron chi connectivity index (χ1n) is 8.83. The van der Waals surface area contributed by atoms with Crippen molar-refractivity contribution in [1.82, 2.24) is 9.62 Å². The second kappa shape index (κ2) is 8.79. The Morgan fingerprint density at radius 3 is 3.04 bits per heavy atom. The molecule has 0 radical (unpaired) electrons. The number of carbonyl (C=O) groups is 1. The molecule has 1 amide bonds. The molecule has 2 heterocycles. The maximum atomic E-state index is 13.1. The highest BCUT2D eigenvalue weighted by Gasteiger charge is 2.30. The average Bonchev–Trinajstić information content (AvgIpc) is 3.07. The maximum absolute atomic E-state index is 13.1. The van der Waals surface area contributed by atoms with Gasteiger partial charge < -0.3 is 14.4 Å². The molecule has 1 saturated heterocycles. The molecule has 4 rings (SSSR count). The van der Waals surface area contributed by atoms with E-state index in [1.807, 2.05) is 18.2 Å². The largest absolute Gasteiger partial charge is 0.378 e. The number of allylic oxidation sites excluding steroid dienone is 3. The van der Waals surface area contributed by atoms with E-state index in [0.717, 1.165) is 5.71 Å². The molecule has 1 aromatic rings. The Morgan fingerprint density at radius 1 is 1.39 bits per heavy atom. The van der Waals surface area contributed by atoms with Crippen LogP contribution >= 0.6 is 23.7 Å². The first-order chi connectivity index (χ1) is 13.6. The summed E-state index contributed by atoms with van der Waals surface area (Å²) < 4.78 is 29.0. The van der Waals surface area contributed by atoms with Crippen molar-refractivity contribution in [1.29, 1.82) is 0 Å². The molecular formula is C18H19ClN4O3S2. The summed E-state index contributed by atoms with van der Waals surface area (Å²) in [6.07, 6.45) is 6.39. The topological polar surface area (TPSA) is 83.0 Å². The smallest absolute Gasteiger partial charge is 0.256 e. The number of benzene rings is 1. The van der Waals surface area contributed by atoms with E-state index in [0.29, 0.717) is 53.9 Å². The van der Waals surface area contributed by atoms with Gasteiger partial charge in [-0.2, -0.15) is 0 Å². The highest BCUT2D eigenvalue weighted by atomic mass is 35.5. The average molecular weight is 439 g/mol. The number of nitrogens with zero attached hydrogens (tertiary/aromatic N) is 2. The number of carbonyl (C=O) groups excluding carboxylic acids is 1. The van der Waals surface area contributed by atoms with Crippen LogP contribution in [0.2, 0.25) is 5.02 Å². The predicted octanol–water partition coefficient (Wildman–Crippen LogP) is 2.71. The molecule has 1 fully saturated rings. The lowest BCUT2D eigenvalue weighted by Gasteiger charge is -2.27. The Balaban J connectivity index is 1.59. The van der Waals surface area contributed by atoms with Crippen LogP contribution in [0.15, 0.2) is 45.7 Å². The van der Waals surface area contributed by atoms with Crippen LogP contribution in [0.4, 0.5) is 5.69 Å². The first-order valence-corrected chi connectivity index (χ1v) is 11.1. The third-order valence-corrected chi connectivity index (χ3v) is 6.71. The van der Waals surface area contributed by atoms with Gasteiger partial charge in [-0.05, 0) is 24.3 Å². The molecule has 2 aliphatic heterocycles. The number of rotatable bonds is 4. The Kier molecular flexibility index (Phi) is 6.17. The van der Waals surface area contributed by atoms with Crippen LogP contribution < -0.4 is 9.44 Å². The lowest BCUT2D eigenvalue weighted by atomic mass is 10.1. The molecule has 0 bridgehead atoms. The number of nitrogens with one attached hydrogen (secondary N) is 2. The third-order valence-electron chi connectivity index (χ3n) is 4.60. The minimum absolute atomic E-state index is 0.133. The molecule has 0 spiro atoms. The van der Waals surface area contributed by atoms with E-state index in [4.69, 9.17) is 16.3 Å². The fourth-order valence-electron chi connectivity index (χ4n) is 3.14. The quantitative estimate of drug-likeness (QED) is 0.706. The van der Waals surface area contributed by atoms with E-state index in [1.54, 1.807) is 23.1 Å². The number of amides is 1. The summed E-state index contributed by atoms with van der Waals surface area (Å²) in [6, 6.07) is 4.76. The number of halogens is 1. The Morgan fingerprint density at radius 2 is 2.21 bits per heavy atom. The highest BCUT2D eigenvalue weighted by molar-refractivity contribution is 7.96. The van der Waals surface area contributed by atoms with Crippen LogP contribution in [0.3, 0.4) is 0 Å². The van der Waals surface area contributed by atoms with Crippen LogP contribution in [-0.2, 0) is 15.7 Å². The monoisotopic (exact) mass is 438 g/mol. The van der Waals surface area contributed by atoms with Crippen LogP contribution in [0.5, 0.6) is 0 Å². The fraction of sp³-hybridized carbons (Fsp3) is 0.333. The van der Waals surface area contributed by atoms with Gasteiger partial charge in [0.1, 0.15) is 11.0 Å². The van der Waals surface area contributed by atoms with E-state index in [1.165, 1.54) is 12.1 Å². The molecular weight excluding hydrogens is 420 g/mol. The van der Waals surface area contributed by atoms with Crippen molar-refractivity contribution in [2.45, 2.75) is 12.5 Å². The molecule has 2 N–H and O–H groups in total. The van der Waals surface area contributed by atoms with Crippen molar-refractivity contribution < 1.29 is 13.7 Å². The van der Waals surface area contributed by atoms with Gasteiger partial charge in [-0.3, -0.25) is 4.79 Å². The van der Waals surface area contributed by atoms with E-state index in [2.05, 4.69) is 13.8 Å². The van der Waals surface area contributed by atoms with Crippen molar-refractivity contribution in [3.63, 3.8) is 0 Å². The van der Waals surface area contributed by atoms with Gasteiger partial charge in [0.15, 0.2) is 0 Å². The summed E-state index contributed by atoms with van der Waals surface area (Å²) in [7, 11) is -1.57. The van der Waals surface area contributed by atoms with Gasteiger partial charge in [-0.25, -0.2) is 13.3 Å². The van der Waals surface area contributed by atoms with Gasteiger partial charge in [-0.15, -0.1) is 0 Å². The number of fused-ring (bicyclic) bond motifs is 1. The van der Waals surface area contributed by atoms with Gasteiger partial charge in [0.25, 0.3) is 5.91 Å². The van der Waals surface area contributed by atoms with E-state index < -0.39 is 11.0 Å². The Hall–Kier alpha value is -1.65. The third kappa shape index (κ3) is 4.18. The summed E-state index contributed by atoms with van der Waals surface area (Å²) in [4.78, 5) is 15.3. The molecule has 28 heavy (non-hydrogen) atoms. The molecule has 0 aromatic heterocycles. The maximum Gasteiger partial charge on any atom is 0.256 e. The molecule has 2 unspecified atom stereocenters. The second-order valence-corrected chi connectivity index (χ2v) is 8.64. The summed E-state index contributed by atoms with van der Waals surface area (Å²) in [5, 5.41) is 0.463. The minimum atomic E-state index is -1.57. The predicted molar refractivity (Wildman–Crippen MR) is 114 cm³/mol. The second-order valence-electron chi connectivity index (χ2n) is 6.39. The van der Waals surface area contributed by atoms with Gasteiger partial charge >= 0.3 is 0 Å². The summed E-state index contributed by atoms with van der Waals surface area (Å²) in [5.41, 5.74) is 1.81. The molecule has 7 nitrogen and oxygen atoms in total. The molecule has 0 saturated carbocycles. The van der Waals surface area contributed by atoms with Crippen LogP contribution in [-0.4, -0.2) is 53.1 Å². The summed E-state index contributed by atoms with van der Waals surface area (Å²) >= 11 is 7.40. The molecule has 10 heteroatoms. The van der Waals surface area contributed by atoms with Gasteiger partial charge in [0, 0.05) is 24.5 Å². The molecule has 1 aliphatic carbocycles.